The third kappa shape index (κ3) is 5.06. The number of nitrogens with zero attached hydrogens (tertiary/aromatic N) is 6. The van der Waals surface area contributed by atoms with Gasteiger partial charge in [0.05, 0.1) is 18.3 Å². The summed E-state index contributed by atoms with van der Waals surface area (Å²) in [5, 5.41) is 4.32. The number of piperazine rings is 1. The van der Waals surface area contributed by atoms with Crippen molar-refractivity contribution in [2.45, 2.75) is 45.8 Å². The Morgan fingerprint density at radius 2 is 1.97 bits per heavy atom. The average Bonchev–Trinajstić information content (AvgIpc) is 3.20. The van der Waals surface area contributed by atoms with Gasteiger partial charge in [-0.3, -0.25) is 14.3 Å². The van der Waals surface area contributed by atoms with Gasteiger partial charge >= 0.3 is 6.03 Å². The number of likely N-dealkylation sites (N-methyl/N-ethyl adjacent to an activating group) is 1. The van der Waals surface area contributed by atoms with E-state index in [1.807, 2.05) is 34.0 Å². The highest BCUT2D eigenvalue weighted by Crippen LogP contribution is 2.29. The molecule has 0 unspecified atom stereocenters. The van der Waals surface area contributed by atoms with Crippen molar-refractivity contribution in [2.24, 2.45) is 13.0 Å². The zero-order valence-electron chi connectivity index (χ0n) is 20.1. The number of fused-ring (bicyclic) bond motifs is 1. The fourth-order valence-electron chi connectivity index (χ4n) is 4.58. The third-order valence-electron chi connectivity index (χ3n) is 6.21. The highest BCUT2D eigenvalue weighted by Gasteiger charge is 2.49. The summed E-state index contributed by atoms with van der Waals surface area (Å²) in [5.74, 6) is 0.103. The molecular weight excluding hydrogens is 412 g/mol. The number of hydrogen-bond acceptors (Lipinski definition) is 5. The molecular formula is C22H36N6O4. The molecule has 0 aliphatic carbocycles. The fourth-order valence-corrected chi connectivity index (χ4v) is 4.58. The molecule has 1 aromatic rings. The van der Waals surface area contributed by atoms with E-state index in [-0.39, 0.29) is 36.3 Å². The zero-order valence-corrected chi connectivity index (χ0v) is 20.1. The molecule has 32 heavy (non-hydrogen) atoms. The molecule has 0 bridgehead atoms. The van der Waals surface area contributed by atoms with Gasteiger partial charge in [-0.1, -0.05) is 13.8 Å². The molecule has 0 radical (unpaired) electrons. The topological polar surface area (TPSA) is 91.2 Å². The first kappa shape index (κ1) is 24.0. The van der Waals surface area contributed by atoms with Crippen molar-refractivity contribution in [1.82, 2.24) is 29.4 Å². The van der Waals surface area contributed by atoms with Crippen molar-refractivity contribution in [3.8, 4) is 0 Å². The molecule has 0 saturated carbocycles. The molecule has 4 amide bonds. The molecule has 3 rings (SSSR count). The molecule has 0 N–H and O–H groups in total. The van der Waals surface area contributed by atoms with Gasteiger partial charge < -0.3 is 24.3 Å². The molecule has 2 aliphatic rings. The van der Waals surface area contributed by atoms with Gasteiger partial charge in [0.1, 0.15) is 12.6 Å². The van der Waals surface area contributed by atoms with Gasteiger partial charge in [0.25, 0.3) is 0 Å². The maximum atomic E-state index is 13.2. The van der Waals surface area contributed by atoms with Gasteiger partial charge in [0, 0.05) is 59.1 Å². The van der Waals surface area contributed by atoms with Crippen LogP contribution in [0.5, 0.6) is 0 Å². The minimum atomic E-state index is -0.492. The summed E-state index contributed by atoms with van der Waals surface area (Å²) in [7, 11) is 5.20. The first-order valence-electron chi connectivity index (χ1n) is 11.2. The number of methoxy groups -OCH3 is 1. The minimum Gasteiger partial charge on any atom is -0.383 e. The lowest BCUT2D eigenvalue weighted by Crippen LogP contribution is -2.61. The van der Waals surface area contributed by atoms with E-state index in [4.69, 9.17) is 4.74 Å². The van der Waals surface area contributed by atoms with E-state index >= 15 is 0 Å². The highest BCUT2D eigenvalue weighted by molar-refractivity contribution is 5.91. The molecule has 0 spiro atoms. The Hall–Kier alpha value is -2.62. The minimum absolute atomic E-state index is 0.00228. The first-order valence-corrected chi connectivity index (χ1v) is 11.2. The summed E-state index contributed by atoms with van der Waals surface area (Å²) in [5.41, 5.74) is 1.86. The summed E-state index contributed by atoms with van der Waals surface area (Å²) in [6.45, 7) is 8.33. The van der Waals surface area contributed by atoms with Gasteiger partial charge in [-0.25, -0.2) is 4.79 Å². The Kier molecular flexibility index (Phi) is 7.43. The number of hydrogen-bond donors (Lipinski definition) is 0. The Balaban J connectivity index is 1.69. The molecule has 178 valence electrons. The van der Waals surface area contributed by atoms with Crippen LogP contribution in [0, 0.1) is 12.8 Å². The van der Waals surface area contributed by atoms with E-state index in [0.717, 1.165) is 11.3 Å². The number of ether oxygens (including phenoxy) is 1. The number of rotatable bonds is 9. The lowest BCUT2D eigenvalue weighted by molar-refractivity contribution is -0.143. The smallest absolute Gasteiger partial charge is 0.321 e. The molecule has 10 nitrogen and oxygen atoms in total. The number of amides is 4. The van der Waals surface area contributed by atoms with E-state index in [0.29, 0.717) is 39.2 Å². The van der Waals surface area contributed by atoms with E-state index in [9.17, 15) is 14.4 Å². The second-order valence-corrected chi connectivity index (χ2v) is 9.31. The maximum absolute atomic E-state index is 13.2. The van der Waals surface area contributed by atoms with Gasteiger partial charge in [-0.2, -0.15) is 5.10 Å². The van der Waals surface area contributed by atoms with Gasteiger partial charge in [0.2, 0.25) is 11.8 Å². The second-order valence-electron chi connectivity index (χ2n) is 9.31. The predicted octanol–water partition coefficient (Wildman–Crippen LogP) is 0.696. The Morgan fingerprint density at radius 3 is 2.56 bits per heavy atom. The van der Waals surface area contributed by atoms with Crippen LogP contribution in [0.4, 0.5) is 4.79 Å². The lowest BCUT2D eigenvalue weighted by Gasteiger charge is -2.42. The molecule has 3 heterocycles. The normalized spacial score (nSPS) is 21.0. The van der Waals surface area contributed by atoms with Crippen LogP contribution in [-0.4, -0.2) is 106 Å². The number of aromatic nitrogens is 2. The van der Waals surface area contributed by atoms with Crippen LogP contribution in [0.1, 0.15) is 31.5 Å². The highest BCUT2D eigenvalue weighted by atomic mass is 16.5. The van der Waals surface area contributed by atoms with Crippen molar-refractivity contribution in [3.63, 3.8) is 0 Å². The van der Waals surface area contributed by atoms with E-state index in [1.54, 1.807) is 38.4 Å². The van der Waals surface area contributed by atoms with Crippen molar-refractivity contribution in [3.05, 3.63) is 17.5 Å². The molecule has 2 aliphatic heterocycles. The molecule has 2 saturated heterocycles. The third-order valence-corrected chi connectivity index (χ3v) is 6.21. The van der Waals surface area contributed by atoms with Gasteiger partial charge in [0.15, 0.2) is 0 Å². The number of carbonyl (C=O) groups is 3. The standard InChI is InChI=1S/C22H36N6O4/c1-15(2)9-19-21(30)26(7-8-32-6)12-18-13-27(22(31)28(18)19)14-20(29)24(4)10-17-11-25(5)23-16(17)3/h11,15,18-19H,7-10,12-14H2,1-6H3/t18-,19+/m1/s1. The van der Waals surface area contributed by atoms with Gasteiger partial charge in [-0.15, -0.1) is 0 Å². The van der Waals surface area contributed by atoms with Crippen molar-refractivity contribution in [1.29, 1.82) is 0 Å². The molecule has 2 atom stereocenters. The van der Waals surface area contributed by atoms with Crippen LogP contribution >= 0.6 is 0 Å². The lowest BCUT2D eigenvalue weighted by atomic mass is 9.97. The van der Waals surface area contributed by atoms with E-state index in [1.165, 1.54) is 0 Å². The Morgan fingerprint density at radius 1 is 1.28 bits per heavy atom. The number of carbonyl (C=O) groups excluding carboxylic acids is 3. The summed E-state index contributed by atoms with van der Waals surface area (Å²) in [4.78, 5) is 46.0. The van der Waals surface area contributed by atoms with Crippen molar-refractivity contribution >= 4 is 17.8 Å². The average molecular weight is 449 g/mol. The predicted molar refractivity (Wildman–Crippen MR) is 119 cm³/mol. The molecule has 1 aromatic heterocycles. The van der Waals surface area contributed by atoms with Gasteiger partial charge in [-0.05, 0) is 19.3 Å². The Bertz CT molecular complexity index is 853. The maximum Gasteiger partial charge on any atom is 0.321 e. The van der Waals surface area contributed by atoms with Crippen LogP contribution in [-0.2, 0) is 27.9 Å². The number of urea groups is 1. The molecule has 2 fully saturated rings. The summed E-state index contributed by atoms with van der Waals surface area (Å²) in [6, 6.07) is -0.826. The van der Waals surface area contributed by atoms with E-state index < -0.39 is 6.04 Å². The largest absolute Gasteiger partial charge is 0.383 e. The van der Waals surface area contributed by atoms with Crippen LogP contribution < -0.4 is 0 Å². The SMILES string of the molecule is COCCN1C[C@@H]2CN(CC(=O)N(C)Cc3cn(C)nc3C)C(=O)N2[C@@H](CC(C)C)C1=O. The first-order chi connectivity index (χ1) is 15.1. The molecule has 0 aromatic carbocycles. The number of aryl methyl sites for hydroxylation is 2. The summed E-state index contributed by atoms with van der Waals surface area (Å²) in [6.07, 6.45) is 2.50. The summed E-state index contributed by atoms with van der Waals surface area (Å²) >= 11 is 0. The van der Waals surface area contributed by atoms with Crippen molar-refractivity contribution < 1.29 is 19.1 Å². The summed E-state index contributed by atoms with van der Waals surface area (Å²) < 4.78 is 6.89. The Labute approximate surface area is 190 Å². The van der Waals surface area contributed by atoms with Crippen LogP contribution in [0.15, 0.2) is 6.20 Å². The zero-order chi connectivity index (χ0) is 23.6. The van der Waals surface area contributed by atoms with Crippen LogP contribution in [0.3, 0.4) is 0 Å². The quantitative estimate of drug-likeness (QED) is 0.555. The van der Waals surface area contributed by atoms with Crippen LogP contribution in [0.25, 0.3) is 0 Å². The van der Waals surface area contributed by atoms with Crippen LogP contribution in [0.2, 0.25) is 0 Å². The second kappa shape index (κ2) is 9.89. The fraction of sp³-hybridized carbons (Fsp3) is 0.727. The monoisotopic (exact) mass is 448 g/mol. The van der Waals surface area contributed by atoms with E-state index in [2.05, 4.69) is 5.10 Å². The van der Waals surface area contributed by atoms with Crippen molar-refractivity contribution in [2.75, 3.05) is 46.9 Å². The molecule has 10 heteroatoms.